The summed E-state index contributed by atoms with van der Waals surface area (Å²) >= 11 is 1.53. The van der Waals surface area contributed by atoms with Crippen molar-refractivity contribution in [1.82, 2.24) is 10.6 Å². The largest absolute Gasteiger partial charge is 0.354 e. The van der Waals surface area contributed by atoms with Crippen molar-refractivity contribution < 1.29 is 9.59 Å². The molecule has 0 saturated heterocycles. The molecule has 2 N–H and O–H groups in total. The number of hydrogen-bond acceptors (Lipinski definition) is 4. The summed E-state index contributed by atoms with van der Waals surface area (Å²) in [5, 5.41) is 9.07. The summed E-state index contributed by atoms with van der Waals surface area (Å²) in [5.74, 6) is 0.633. The van der Waals surface area contributed by atoms with E-state index >= 15 is 0 Å². The normalized spacial score (nSPS) is 11.1. The summed E-state index contributed by atoms with van der Waals surface area (Å²) in [6, 6.07) is 5.60. The highest BCUT2D eigenvalue weighted by molar-refractivity contribution is 7.99. The van der Waals surface area contributed by atoms with Gasteiger partial charge < -0.3 is 10.6 Å². The van der Waals surface area contributed by atoms with Gasteiger partial charge in [-0.15, -0.1) is 6.58 Å². The molecule has 0 aromatic heterocycles. The molecule has 1 unspecified atom stereocenters. The van der Waals surface area contributed by atoms with Crippen LogP contribution in [0.3, 0.4) is 0 Å². The number of carbonyl (C=O) groups excluding carboxylic acids is 2. The van der Waals surface area contributed by atoms with E-state index in [2.05, 4.69) is 27.2 Å². The molecule has 0 aliphatic carbocycles. The topological polar surface area (TPSA) is 107 Å². The minimum Gasteiger partial charge on any atom is -0.354 e. The number of nitrogens with zero attached hydrogens (tertiary/aromatic N) is 3. The minimum absolute atomic E-state index is 0.191. The van der Waals surface area contributed by atoms with E-state index < -0.39 is 6.04 Å². The summed E-state index contributed by atoms with van der Waals surface area (Å²) < 4.78 is 0. The Morgan fingerprint density at radius 3 is 2.72 bits per heavy atom. The van der Waals surface area contributed by atoms with Crippen molar-refractivity contribution >= 4 is 29.3 Å². The van der Waals surface area contributed by atoms with Gasteiger partial charge in [-0.25, -0.2) is 0 Å². The smallest absolute Gasteiger partial charge is 0.251 e. The predicted molar refractivity (Wildman–Crippen MR) is 102 cm³/mol. The molecule has 0 heterocycles. The second kappa shape index (κ2) is 12.0. The Kier molecular flexibility index (Phi) is 9.89. The second-order valence-corrected chi connectivity index (χ2v) is 6.31. The lowest BCUT2D eigenvalue weighted by molar-refractivity contribution is -0.122. The van der Waals surface area contributed by atoms with Gasteiger partial charge in [0.25, 0.3) is 5.91 Å². The first-order valence-electron chi connectivity index (χ1n) is 8.04. The van der Waals surface area contributed by atoms with E-state index in [1.807, 2.05) is 6.92 Å². The molecule has 1 rings (SSSR count). The van der Waals surface area contributed by atoms with Crippen LogP contribution < -0.4 is 10.6 Å². The third-order valence-electron chi connectivity index (χ3n) is 3.26. The van der Waals surface area contributed by atoms with Crippen LogP contribution in [0, 0.1) is 0 Å². The molecular weight excluding hydrogens is 338 g/mol. The Bertz CT molecular complexity index is 626. The number of azide groups is 1. The average molecular weight is 361 g/mol. The highest BCUT2D eigenvalue weighted by Gasteiger charge is 2.21. The van der Waals surface area contributed by atoms with Crippen LogP contribution >= 0.6 is 11.8 Å². The molecule has 1 atom stereocenters. The fourth-order valence-electron chi connectivity index (χ4n) is 1.94. The van der Waals surface area contributed by atoms with Crippen LogP contribution in [-0.2, 0) is 4.79 Å². The van der Waals surface area contributed by atoms with Gasteiger partial charge in [0.05, 0.1) is 0 Å². The number of benzene rings is 1. The Morgan fingerprint density at radius 2 is 2.12 bits per heavy atom. The lowest BCUT2D eigenvalue weighted by Gasteiger charge is -2.18. The average Bonchev–Trinajstić information content (AvgIpc) is 2.62. The molecule has 0 aliphatic rings. The molecule has 0 fully saturated rings. The van der Waals surface area contributed by atoms with Crippen molar-refractivity contribution in [3.05, 3.63) is 52.9 Å². The van der Waals surface area contributed by atoms with Crippen molar-refractivity contribution in [3.8, 4) is 0 Å². The van der Waals surface area contributed by atoms with Gasteiger partial charge in [-0.3, -0.25) is 9.59 Å². The first kappa shape index (κ1) is 20.6. The fourth-order valence-corrected chi connectivity index (χ4v) is 2.71. The molecule has 1 aromatic carbocycles. The zero-order valence-corrected chi connectivity index (χ0v) is 15.1. The van der Waals surface area contributed by atoms with Gasteiger partial charge in [-0.05, 0) is 24.1 Å². The van der Waals surface area contributed by atoms with Gasteiger partial charge in [0.15, 0.2) is 0 Å². The number of amides is 2. The van der Waals surface area contributed by atoms with Gasteiger partial charge in [-0.1, -0.05) is 36.7 Å². The quantitative estimate of drug-likeness (QED) is 0.207. The molecule has 0 bridgehead atoms. The number of carbonyl (C=O) groups is 2. The summed E-state index contributed by atoms with van der Waals surface area (Å²) in [6.07, 6.45) is 3.64. The van der Waals surface area contributed by atoms with Crippen LogP contribution in [-0.4, -0.2) is 35.9 Å². The highest BCUT2D eigenvalue weighted by Crippen LogP contribution is 2.13. The molecule has 8 heteroatoms. The molecule has 0 spiro atoms. The molecule has 25 heavy (non-hydrogen) atoms. The molecule has 0 aliphatic heterocycles. The van der Waals surface area contributed by atoms with E-state index in [-0.39, 0.29) is 11.8 Å². The zero-order chi connectivity index (χ0) is 18.5. The Labute approximate surface area is 151 Å². The van der Waals surface area contributed by atoms with Crippen molar-refractivity contribution in [1.29, 1.82) is 0 Å². The standard InChI is InChI=1S/C17H23N5O2S/c1-3-5-10-19-17(24)15(12-25-11-4-2)20-16(23)13-6-8-14(9-7-13)21-22-18/h4,6-9,15H,2-3,5,10-12H2,1H3,(H,19,24)(H,20,23). The number of rotatable bonds is 11. The van der Waals surface area contributed by atoms with Gasteiger partial charge >= 0.3 is 0 Å². The molecule has 2 amide bonds. The fraction of sp³-hybridized carbons (Fsp3) is 0.412. The van der Waals surface area contributed by atoms with Crippen LogP contribution in [0.5, 0.6) is 0 Å². The van der Waals surface area contributed by atoms with Crippen LogP contribution in [0.15, 0.2) is 42.0 Å². The third kappa shape index (κ3) is 7.78. The van der Waals surface area contributed by atoms with Gasteiger partial charge in [0, 0.05) is 34.2 Å². The Balaban J connectivity index is 2.72. The SMILES string of the molecule is C=CCSCC(NC(=O)c1ccc(N=[N+]=[N-])cc1)C(=O)NCCCC. The van der Waals surface area contributed by atoms with Crippen molar-refractivity contribution in [2.45, 2.75) is 25.8 Å². The maximum absolute atomic E-state index is 12.4. The van der Waals surface area contributed by atoms with E-state index in [0.717, 1.165) is 12.8 Å². The summed E-state index contributed by atoms with van der Waals surface area (Å²) in [7, 11) is 0. The first-order valence-corrected chi connectivity index (χ1v) is 9.20. The number of thioether (sulfide) groups is 1. The molecule has 134 valence electrons. The summed E-state index contributed by atoms with van der Waals surface area (Å²) in [5.41, 5.74) is 9.22. The summed E-state index contributed by atoms with van der Waals surface area (Å²) in [6.45, 7) is 6.29. The van der Waals surface area contributed by atoms with Crippen molar-refractivity contribution in [2.75, 3.05) is 18.1 Å². The Morgan fingerprint density at radius 1 is 1.40 bits per heavy atom. The number of nitrogens with one attached hydrogen (secondary N) is 2. The van der Waals surface area contributed by atoms with E-state index in [9.17, 15) is 9.59 Å². The predicted octanol–water partition coefficient (Wildman–Crippen LogP) is 3.56. The maximum Gasteiger partial charge on any atom is 0.251 e. The maximum atomic E-state index is 12.4. The molecular formula is C17H23N5O2S. The summed E-state index contributed by atoms with van der Waals surface area (Å²) in [4.78, 5) is 27.4. The second-order valence-electron chi connectivity index (χ2n) is 5.23. The lowest BCUT2D eigenvalue weighted by Crippen LogP contribution is -2.48. The van der Waals surface area contributed by atoms with Gasteiger partial charge in [-0.2, -0.15) is 11.8 Å². The molecule has 0 saturated carbocycles. The Hall–Kier alpha value is -2.44. The highest BCUT2D eigenvalue weighted by atomic mass is 32.2. The monoisotopic (exact) mass is 361 g/mol. The zero-order valence-electron chi connectivity index (χ0n) is 14.3. The van der Waals surface area contributed by atoms with Crippen LogP contribution in [0.1, 0.15) is 30.1 Å². The lowest BCUT2D eigenvalue weighted by atomic mass is 10.2. The number of hydrogen-bond donors (Lipinski definition) is 2. The van der Waals surface area contributed by atoms with E-state index in [4.69, 9.17) is 5.53 Å². The van der Waals surface area contributed by atoms with E-state index in [0.29, 0.717) is 29.3 Å². The third-order valence-corrected chi connectivity index (χ3v) is 4.30. The minimum atomic E-state index is -0.619. The van der Waals surface area contributed by atoms with Gasteiger partial charge in [0.2, 0.25) is 5.91 Å². The first-order chi connectivity index (χ1) is 12.1. The van der Waals surface area contributed by atoms with E-state index in [1.165, 1.54) is 11.8 Å². The van der Waals surface area contributed by atoms with Crippen molar-refractivity contribution in [2.24, 2.45) is 5.11 Å². The molecule has 7 nitrogen and oxygen atoms in total. The van der Waals surface area contributed by atoms with Gasteiger partial charge in [0.1, 0.15) is 6.04 Å². The van der Waals surface area contributed by atoms with Crippen LogP contribution in [0.2, 0.25) is 0 Å². The van der Waals surface area contributed by atoms with E-state index in [1.54, 1.807) is 30.3 Å². The van der Waals surface area contributed by atoms with Crippen molar-refractivity contribution in [3.63, 3.8) is 0 Å². The molecule has 1 aromatic rings. The number of unbranched alkanes of at least 4 members (excludes halogenated alkanes) is 1. The van der Waals surface area contributed by atoms with Crippen LogP contribution in [0.4, 0.5) is 5.69 Å². The van der Waals surface area contributed by atoms with Crippen LogP contribution in [0.25, 0.3) is 10.4 Å². The molecule has 0 radical (unpaired) electrons.